The molecule has 152 valence electrons. The van der Waals surface area contributed by atoms with E-state index in [1.807, 2.05) is 41.3 Å². The maximum absolute atomic E-state index is 13.6. The number of alkyl halides is 2. The lowest BCUT2D eigenvalue weighted by atomic mass is 10.0. The number of pyridine rings is 1. The predicted octanol–water partition coefficient (Wildman–Crippen LogP) is 2.87. The van der Waals surface area contributed by atoms with E-state index < -0.39 is 24.9 Å². The molecule has 3 heterocycles. The highest BCUT2D eigenvalue weighted by molar-refractivity contribution is 5.91. The van der Waals surface area contributed by atoms with Crippen LogP contribution in [0.25, 0.3) is 10.9 Å². The monoisotopic (exact) mass is 399 g/mol. The Kier molecular flexibility index (Phi) is 5.33. The number of nitrogens with one attached hydrogen (secondary N) is 1. The highest BCUT2D eigenvalue weighted by Crippen LogP contribution is 2.32. The minimum absolute atomic E-state index is 0.0825. The van der Waals surface area contributed by atoms with E-state index in [0.29, 0.717) is 13.1 Å². The molecule has 2 aliphatic rings. The Bertz CT molecular complexity index is 931. The van der Waals surface area contributed by atoms with Crippen molar-refractivity contribution in [1.82, 2.24) is 14.8 Å². The van der Waals surface area contributed by atoms with Crippen molar-refractivity contribution >= 4 is 22.5 Å². The van der Waals surface area contributed by atoms with Crippen LogP contribution in [0.2, 0.25) is 0 Å². The molecule has 8 heteroatoms. The topological polar surface area (TPSA) is 72.3 Å². The van der Waals surface area contributed by atoms with E-state index in [9.17, 15) is 13.6 Å². The number of hydrogen-bond donors (Lipinski definition) is 1. The van der Waals surface area contributed by atoms with Crippen LogP contribution in [0.3, 0.4) is 0 Å². The van der Waals surface area contributed by atoms with Gasteiger partial charge in [0, 0.05) is 42.8 Å². The van der Waals surface area contributed by atoms with E-state index in [-0.39, 0.29) is 18.5 Å². The number of halogens is 2. The van der Waals surface area contributed by atoms with Crippen LogP contribution in [0.4, 0.5) is 14.5 Å². The highest BCUT2D eigenvalue weighted by atomic mass is 19.3. The number of hydrogen-bond acceptors (Lipinski definition) is 5. The van der Waals surface area contributed by atoms with Gasteiger partial charge in [-0.1, -0.05) is 6.07 Å². The number of fused-ring (bicyclic) bond motifs is 1. The van der Waals surface area contributed by atoms with Gasteiger partial charge in [-0.2, -0.15) is 5.26 Å². The predicted molar refractivity (Wildman–Crippen MR) is 106 cm³/mol. The minimum Gasteiger partial charge on any atom is -0.382 e. The first kappa shape index (κ1) is 19.5. The van der Waals surface area contributed by atoms with Gasteiger partial charge < -0.3 is 10.2 Å². The summed E-state index contributed by atoms with van der Waals surface area (Å²) >= 11 is 0. The molecule has 29 heavy (non-hydrogen) atoms. The van der Waals surface area contributed by atoms with Crippen molar-refractivity contribution in [2.45, 2.75) is 37.3 Å². The van der Waals surface area contributed by atoms with Gasteiger partial charge in [-0.25, -0.2) is 8.78 Å². The Morgan fingerprint density at radius 1 is 1.28 bits per heavy atom. The maximum atomic E-state index is 13.6. The Morgan fingerprint density at radius 2 is 2.07 bits per heavy atom. The summed E-state index contributed by atoms with van der Waals surface area (Å²) in [6.07, 6.45) is 2.90. The SMILES string of the molecule is N#C[C@@H]1CC(F)(F)CN1C(=O)CN1CCC(Nc2cccc3ncccc23)CC1. The lowest BCUT2D eigenvalue weighted by Crippen LogP contribution is -2.46. The number of likely N-dealkylation sites (tertiary alicyclic amines) is 2. The van der Waals surface area contributed by atoms with Crippen LogP contribution in [0, 0.1) is 11.3 Å². The number of rotatable bonds is 4. The third kappa shape index (κ3) is 4.30. The van der Waals surface area contributed by atoms with Gasteiger partial charge in [0.05, 0.1) is 24.7 Å². The van der Waals surface area contributed by atoms with Crippen LogP contribution < -0.4 is 5.32 Å². The molecule has 1 atom stereocenters. The molecule has 2 saturated heterocycles. The fourth-order valence-corrected chi connectivity index (χ4v) is 4.16. The standard InChI is InChI=1S/C21H23F2N5O/c22-21(23)11-16(12-24)28(14-21)20(29)13-27-9-6-15(7-10-27)26-19-5-1-4-18-17(19)3-2-8-25-18/h1-5,8,15-16,26H,6-7,9-11,13-14H2/t16-/m0/s1. The van der Waals surface area contributed by atoms with Crippen molar-refractivity contribution in [2.75, 3.05) is 31.5 Å². The molecule has 1 aromatic carbocycles. The summed E-state index contributed by atoms with van der Waals surface area (Å²) in [6.45, 7) is 0.831. The first-order chi connectivity index (χ1) is 13.9. The summed E-state index contributed by atoms with van der Waals surface area (Å²) in [5.41, 5.74) is 1.98. The first-order valence-electron chi connectivity index (χ1n) is 9.85. The van der Waals surface area contributed by atoms with Crippen molar-refractivity contribution in [3.8, 4) is 6.07 Å². The third-order valence-electron chi connectivity index (χ3n) is 5.69. The molecule has 0 bridgehead atoms. The van der Waals surface area contributed by atoms with Crippen LogP contribution in [0.1, 0.15) is 19.3 Å². The molecule has 0 radical (unpaired) electrons. The quantitative estimate of drug-likeness (QED) is 0.856. The Morgan fingerprint density at radius 3 is 2.83 bits per heavy atom. The summed E-state index contributed by atoms with van der Waals surface area (Å²) in [6, 6.07) is 11.0. The molecule has 2 fully saturated rings. The zero-order valence-electron chi connectivity index (χ0n) is 16.0. The number of aromatic nitrogens is 1. The number of carbonyl (C=O) groups excluding carboxylic acids is 1. The number of nitrogens with zero attached hydrogens (tertiary/aromatic N) is 4. The zero-order chi connectivity index (χ0) is 20.4. The highest BCUT2D eigenvalue weighted by Gasteiger charge is 2.47. The summed E-state index contributed by atoms with van der Waals surface area (Å²) in [4.78, 5) is 19.9. The summed E-state index contributed by atoms with van der Waals surface area (Å²) in [5, 5.41) is 13.7. The van der Waals surface area contributed by atoms with Gasteiger partial charge in [0.15, 0.2) is 0 Å². The van der Waals surface area contributed by atoms with Crippen LogP contribution in [-0.4, -0.2) is 64.9 Å². The number of nitriles is 1. The summed E-state index contributed by atoms with van der Waals surface area (Å²) in [5.74, 6) is -3.36. The number of benzene rings is 1. The van der Waals surface area contributed by atoms with Gasteiger partial charge >= 0.3 is 0 Å². The lowest BCUT2D eigenvalue weighted by molar-refractivity contribution is -0.134. The molecule has 2 aromatic rings. The van der Waals surface area contributed by atoms with E-state index >= 15 is 0 Å². The fraction of sp³-hybridized carbons (Fsp3) is 0.476. The van der Waals surface area contributed by atoms with Crippen molar-refractivity contribution in [1.29, 1.82) is 5.26 Å². The molecule has 0 spiro atoms. The molecule has 1 aromatic heterocycles. The largest absolute Gasteiger partial charge is 0.382 e. The third-order valence-corrected chi connectivity index (χ3v) is 5.69. The summed E-state index contributed by atoms with van der Waals surface area (Å²) in [7, 11) is 0. The van der Waals surface area contributed by atoms with E-state index in [0.717, 1.165) is 34.3 Å². The second-order valence-corrected chi connectivity index (χ2v) is 7.80. The average molecular weight is 399 g/mol. The number of amides is 1. The Balaban J connectivity index is 1.32. The minimum atomic E-state index is -2.97. The van der Waals surface area contributed by atoms with E-state index in [1.165, 1.54) is 0 Å². The van der Waals surface area contributed by atoms with Crippen LogP contribution in [0.5, 0.6) is 0 Å². The Hall–Kier alpha value is -2.79. The zero-order valence-corrected chi connectivity index (χ0v) is 16.0. The molecule has 2 aliphatic heterocycles. The average Bonchev–Trinajstić information content (AvgIpc) is 3.05. The van der Waals surface area contributed by atoms with Crippen LogP contribution in [0.15, 0.2) is 36.5 Å². The lowest BCUT2D eigenvalue weighted by Gasteiger charge is -2.33. The molecular weight excluding hydrogens is 376 g/mol. The first-order valence-corrected chi connectivity index (χ1v) is 9.85. The number of piperidine rings is 1. The second kappa shape index (κ2) is 7.91. The Labute approximate surface area is 168 Å². The van der Waals surface area contributed by atoms with Crippen molar-refractivity contribution in [3.63, 3.8) is 0 Å². The van der Waals surface area contributed by atoms with Crippen molar-refractivity contribution in [2.24, 2.45) is 0 Å². The molecule has 1 amide bonds. The van der Waals surface area contributed by atoms with E-state index in [2.05, 4.69) is 10.3 Å². The van der Waals surface area contributed by atoms with Gasteiger partial charge in [0.25, 0.3) is 5.92 Å². The van der Waals surface area contributed by atoms with Gasteiger partial charge in [0.1, 0.15) is 6.04 Å². The smallest absolute Gasteiger partial charge is 0.268 e. The van der Waals surface area contributed by atoms with Gasteiger partial charge in [-0.05, 0) is 37.1 Å². The molecule has 0 aliphatic carbocycles. The molecule has 6 nitrogen and oxygen atoms in total. The van der Waals surface area contributed by atoms with Gasteiger partial charge in [0.2, 0.25) is 5.91 Å². The summed E-state index contributed by atoms with van der Waals surface area (Å²) < 4.78 is 27.1. The van der Waals surface area contributed by atoms with E-state index in [4.69, 9.17) is 5.26 Å². The molecular formula is C21H23F2N5O. The second-order valence-electron chi connectivity index (χ2n) is 7.80. The maximum Gasteiger partial charge on any atom is 0.268 e. The molecule has 0 saturated carbocycles. The van der Waals surface area contributed by atoms with Crippen molar-refractivity contribution in [3.05, 3.63) is 36.5 Å². The van der Waals surface area contributed by atoms with Crippen molar-refractivity contribution < 1.29 is 13.6 Å². The normalized spacial score (nSPS) is 22.5. The van der Waals surface area contributed by atoms with Gasteiger partial charge in [-0.15, -0.1) is 0 Å². The number of anilines is 1. The van der Waals surface area contributed by atoms with Crippen LogP contribution >= 0.6 is 0 Å². The van der Waals surface area contributed by atoms with Crippen LogP contribution in [-0.2, 0) is 4.79 Å². The fourth-order valence-electron chi connectivity index (χ4n) is 4.16. The molecule has 1 N–H and O–H groups in total. The number of carbonyl (C=O) groups is 1. The van der Waals surface area contributed by atoms with E-state index in [1.54, 1.807) is 6.20 Å². The van der Waals surface area contributed by atoms with Gasteiger partial charge in [-0.3, -0.25) is 14.7 Å². The molecule has 4 rings (SSSR count). The molecule has 0 unspecified atom stereocenters.